The van der Waals surface area contributed by atoms with Gasteiger partial charge >= 0.3 is 6.09 Å². The molecular weight excluding hydrogens is 256 g/mol. The van der Waals surface area contributed by atoms with Gasteiger partial charge < -0.3 is 20.5 Å². The van der Waals surface area contributed by atoms with Crippen LogP contribution in [-0.2, 0) is 4.74 Å². The largest absolute Gasteiger partial charge is 0.444 e. The van der Waals surface area contributed by atoms with E-state index in [2.05, 4.69) is 10.6 Å². The summed E-state index contributed by atoms with van der Waals surface area (Å²) in [5.74, 6) is 0. The normalized spacial score (nSPS) is 24.3. The second kappa shape index (κ2) is 6.76. The van der Waals surface area contributed by atoms with Crippen molar-refractivity contribution in [3.05, 3.63) is 0 Å². The van der Waals surface area contributed by atoms with Crippen molar-refractivity contribution >= 4 is 6.09 Å². The van der Waals surface area contributed by atoms with Crippen LogP contribution in [0.5, 0.6) is 0 Å². The molecule has 1 amide bonds. The van der Waals surface area contributed by atoms with Gasteiger partial charge in [-0.3, -0.25) is 0 Å². The summed E-state index contributed by atoms with van der Waals surface area (Å²) in [5, 5.41) is 16.0. The molecule has 1 aliphatic rings. The Morgan fingerprint density at radius 3 is 2.05 bits per heavy atom. The SMILES string of the molecule is CC(C)(O)CNC1CCC(NC(=O)OC(C)(C)C)CC1. The Hall–Kier alpha value is -0.810. The minimum atomic E-state index is -0.675. The van der Waals surface area contributed by atoms with Crippen molar-refractivity contribution in [2.75, 3.05) is 6.54 Å². The van der Waals surface area contributed by atoms with Gasteiger partial charge in [-0.15, -0.1) is 0 Å². The third-order valence-corrected chi connectivity index (χ3v) is 3.27. The van der Waals surface area contributed by atoms with Gasteiger partial charge in [-0.2, -0.15) is 0 Å². The molecule has 0 saturated heterocycles. The number of aliphatic hydroxyl groups is 1. The number of rotatable bonds is 4. The van der Waals surface area contributed by atoms with Gasteiger partial charge in [-0.1, -0.05) is 0 Å². The lowest BCUT2D eigenvalue weighted by Crippen LogP contribution is -2.46. The van der Waals surface area contributed by atoms with Crippen molar-refractivity contribution in [2.45, 2.75) is 83.6 Å². The summed E-state index contributed by atoms with van der Waals surface area (Å²) in [6, 6.07) is 0.628. The Bertz CT molecular complexity index is 310. The highest BCUT2D eigenvalue weighted by Gasteiger charge is 2.25. The number of ether oxygens (including phenoxy) is 1. The highest BCUT2D eigenvalue weighted by molar-refractivity contribution is 5.68. The standard InChI is InChI=1S/C15H30N2O3/c1-14(2,3)20-13(18)17-12-8-6-11(7-9-12)16-10-15(4,5)19/h11-12,16,19H,6-10H2,1-5H3,(H,17,18). The van der Waals surface area contributed by atoms with Gasteiger partial charge in [0, 0.05) is 18.6 Å². The van der Waals surface area contributed by atoms with E-state index in [9.17, 15) is 9.90 Å². The molecule has 0 atom stereocenters. The molecule has 5 nitrogen and oxygen atoms in total. The first-order valence-electron chi connectivity index (χ1n) is 7.50. The summed E-state index contributed by atoms with van der Waals surface area (Å²) >= 11 is 0. The van der Waals surface area contributed by atoms with Gasteiger partial charge in [0.05, 0.1) is 5.60 Å². The number of carbonyl (C=O) groups excluding carboxylic acids is 1. The predicted octanol–water partition coefficient (Wildman–Crippen LogP) is 2.18. The molecule has 0 bridgehead atoms. The number of hydrogen-bond acceptors (Lipinski definition) is 4. The molecule has 0 aliphatic heterocycles. The van der Waals surface area contributed by atoms with Crippen molar-refractivity contribution in [2.24, 2.45) is 0 Å². The number of hydrogen-bond donors (Lipinski definition) is 3. The summed E-state index contributed by atoms with van der Waals surface area (Å²) in [6.07, 6.45) is 3.59. The monoisotopic (exact) mass is 286 g/mol. The highest BCUT2D eigenvalue weighted by atomic mass is 16.6. The fourth-order valence-electron chi connectivity index (χ4n) is 2.31. The van der Waals surface area contributed by atoms with Crippen LogP contribution in [-0.4, -0.2) is 41.0 Å². The van der Waals surface area contributed by atoms with E-state index in [0.29, 0.717) is 12.6 Å². The molecule has 0 aromatic rings. The second-order valence-electron chi connectivity index (χ2n) is 7.39. The summed E-state index contributed by atoms with van der Waals surface area (Å²) in [4.78, 5) is 11.7. The van der Waals surface area contributed by atoms with Crippen molar-refractivity contribution in [1.82, 2.24) is 10.6 Å². The molecular formula is C15H30N2O3. The van der Waals surface area contributed by atoms with E-state index in [1.807, 2.05) is 20.8 Å². The Labute approximate surface area is 122 Å². The first-order valence-corrected chi connectivity index (χ1v) is 7.50. The Balaban J connectivity index is 2.24. The van der Waals surface area contributed by atoms with E-state index in [1.165, 1.54) is 0 Å². The van der Waals surface area contributed by atoms with Crippen LogP contribution in [0.15, 0.2) is 0 Å². The molecule has 0 aromatic carbocycles. The van der Waals surface area contributed by atoms with Gasteiger partial charge in [-0.25, -0.2) is 4.79 Å². The lowest BCUT2D eigenvalue weighted by molar-refractivity contribution is 0.0486. The first kappa shape index (κ1) is 17.2. The molecule has 0 unspecified atom stereocenters. The minimum absolute atomic E-state index is 0.199. The zero-order chi connectivity index (χ0) is 15.4. The zero-order valence-corrected chi connectivity index (χ0v) is 13.5. The van der Waals surface area contributed by atoms with Gasteiger partial charge in [0.2, 0.25) is 0 Å². The van der Waals surface area contributed by atoms with Crippen LogP contribution >= 0.6 is 0 Å². The molecule has 5 heteroatoms. The number of carbonyl (C=O) groups is 1. The van der Waals surface area contributed by atoms with Crippen LogP contribution in [0.2, 0.25) is 0 Å². The van der Waals surface area contributed by atoms with E-state index in [-0.39, 0.29) is 12.1 Å². The highest BCUT2D eigenvalue weighted by Crippen LogP contribution is 2.19. The predicted molar refractivity (Wildman–Crippen MR) is 79.7 cm³/mol. The summed E-state index contributed by atoms with van der Waals surface area (Å²) in [7, 11) is 0. The fraction of sp³-hybridized carbons (Fsp3) is 0.933. The molecule has 1 fully saturated rings. The Kier molecular flexibility index (Phi) is 5.83. The lowest BCUT2D eigenvalue weighted by Gasteiger charge is -2.32. The van der Waals surface area contributed by atoms with Crippen LogP contribution < -0.4 is 10.6 Å². The molecule has 1 rings (SSSR count). The number of alkyl carbamates (subject to hydrolysis) is 1. The van der Waals surface area contributed by atoms with E-state index < -0.39 is 11.2 Å². The lowest BCUT2D eigenvalue weighted by atomic mass is 9.91. The molecule has 0 radical (unpaired) electrons. The minimum Gasteiger partial charge on any atom is -0.444 e. The van der Waals surface area contributed by atoms with E-state index in [1.54, 1.807) is 13.8 Å². The van der Waals surface area contributed by atoms with Gasteiger partial charge in [0.15, 0.2) is 0 Å². The Morgan fingerprint density at radius 2 is 1.60 bits per heavy atom. The van der Waals surface area contributed by atoms with E-state index in [0.717, 1.165) is 25.7 Å². The molecule has 1 saturated carbocycles. The summed E-state index contributed by atoms with van der Waals surface area (Å²) in [5.41, 5.74) is -1.12. The third-order valence-electron chi connectivity index (χ3n) is 3.27. The molecule has 0 heterocycles. The fourth-order valence-corrected chi connectivity index (χ4v) is 2.31. The van der Waals surface area contributed by atoms with Gasteiger partial charge in [-0.05, 0) is 60.3 Å². The van der Waals surface area contributed by atoms with Crippen LogP contribution in [0.25, 0.3) is 0 Å². The van der Waals surface area contributed by atoms with E-state index >= 15 is 0 Å². The first-order chi connectivity index (χ1) is 9.05. The van der Waals surface area contributed by atoms with Crippen LogP contribution in [0.1, 0.15) is 60.3 Å². The molecule has 3 N–H and O–H groups in total. The summed E-state index contributed by atoms with van der Waals surface area (Å²) < 4.78 is 5.26. The zero-order valence-electron chi connectivity index (χ0n) is 13.5. The van der Waals surface area contributed by atoms with Crippen molar-refractivity contribution in [3.8, 4) is 0 Å². The second-order valence-corrected chi connectivity index (χ2v) is 7.39. The molecule has 20 heavy (non-hydrogen) atoms. The maximum Gasteiger partial charge on any atom is 0.407 e. The van der Waals surface area contributed by atoms with Crippen LogP contribution in [0.4, 0.5) is 4.79 Å². The molecule has 118 valence electrons. The van der Waals surface area contributed by atoms with Crippen molar-refractivity contribution < 1.29 is 14.6 Å². The molecule has 1 aliphatic carbocycles. The maximum absolute atomic E-state index is 11.7. The average molecular weight is 286 g/mol. The van der Waals surface area contributed by atoms with Gasteiger partial charge in [0.25, 0.3) is 0 Å². The number of nitrogens with one attached hydrogen (secondary N) is 2. The third kappa shape index (κ3) is 7.70. The van der Waals surface area contributed by atoms with Crippen molar-refractivity contribution in [1.29, 1.82) is 0 Å². The quantitative estimate of drug-likeness (QED) is 0.741. The number of amides is 1. The Morgan fingerprint density at radius 1 is 1.10 bits per heavy atom. The molecule has 0 spiro atoms. The maximum atomic E-state index is 11.7. The topological polar surface area (TPSA) is 70.6 Å². The van der Waals surface area contributed by atoms with Crippen LogP contribution in [0, 0.1) is 0 Å². The van der Waals surface area contributed by atoms with E-state index in [4.69, 9.17) is 4.74 Å². The molecule has 0 aromatic heterocycles. The smallest absolute Gasteiger partial charge is 0.407 e. The van der Waals surface area contributed by atoms with Gasteiger partial charge in [0.1, 0.15) is 5.60 Å². The average Bonchev–Trinajstić information content (AvgIpc) is 2.24. The summed E-state index contributed by atoms with van der Waals surface area (Å²) in [6.45, 7) is 9.80. The van der Waals surface area contributed by atoms with Crippen LogP contribution in [0.3, 0.4) is 0 Å². The van der Waals surface area contributed by atoms with Crippen molar-refractivity contribution in [3.63, 3.8) is 0 Å².